The van der Waals surface area contributed by atoms with Crippen molar-refractivity contribution >= 4 is 11.9 Å². The smallest absolute Gasteiger partial charge is 0.308 e. The number of aliphatic carboxylic acids is 1. The first-order valence-electron chi connectivity index (χ1n) is 6.41. The molecule has 2 rings (SSSR count). The SMILES string of the molecule is Cc1cc(C(=O)NC2(C)CCCCC2C(=O)O)on1. The lowest BCUT2D eigenvalue weighted by molar-refractivity contribution is -0.145. The average molecular weight is 266 g/mol. The van der Waals surface area contributed by atoms with Gasteiger partial charge in [0.1, 0.15) is 0 Å². The summed E-state index contributed by atoms with van der Waals surface area (Å²) in [4.78, 5) is 23.4. The molecule has 0 aromatic carbocycles. The minimum Gasteiger partial charge on any atom is -0.481 e. The summed E-state index contributed by atoms with van der Waals surface area (Å²) in [5, 5.41) is 15.7. The summed E-state index contributed by atoms with van der Waals surface area (Å²) >= 11 is 0. The van der Waals surface area contributed by atoms with Crippen molar-refractivity contribution in [2.75, 3.05) is 0 Å². The number of aromatic nitrogens is 1. The third-order valence-electron chi connectivity index (χ3n) is 3.76. The molecule has 1 aliphatic carbocycles. The molecule has 6 heteroatoms. The number of carbonyl (C=O) groups excluding carboxylic acids is 1. The van der Waals surface area contributed by atoms with E-state index in [1.807, 2.05) is 0 Å². The summed E-state index contributed by atoms with van der Waals surface area (Å²) in [5.74, 6) is -1.71. The molecule has 0 aliphatic heterocycles. The van der Waals surface area contributed by atoms with Crippen LogP contribution in [0.25, 0.3) is 0 Å². The molecule has 19 heavy (non-hydrogen) atoms. The summed E-state index contributed by atoms with van der Waals surface area (Å²) in [6, 6.07) is 1.54. The summed E-state index contributed by atoms with van der Waals surface area (Å²) in [6.45, 7) is 3.51. The van der Waals surface area contributed by atoms with E-state index in [0.717, 1.165) is 12.8 Å². The molecule has 1 aromatic heterocycles. The van der Waals surface area contributed by atoms with Gasteiger partial charge in [-0.25, -0.2) is 0 Å². The van der Waals surface area contributed by atoms with Gasteiger partial charge in [0.05, 0.1) is 17.2 Å². The molecule has 6 nitrogen and oxygen atoms in total. The minimum atomic E-state index is -0.865. The van der Waals surface area contributed by atoms with Crippen LogP contribution in [0.1, 0.15) is 48.9 Å². The van der Waals surface area contributed by atoms with E-state index in [9.17, 15) is 14.7 Å². The van der Waals surface area contributed by atoms with Gasteiger partial charge in [-0.1, -0.05) is 18.0 Å². The molecule has 0 radical (unpaired) electrons. The van der Waals surface area contributed by atoms with Crippen molar-refractivity contribution in [3.05, 3.63) is 17.5 Å². The normalized spacial score (nSPS) is 26.9. The summed E-state index contributed by atoms with van der Waals surface area (Å²) in [5.41, 5.74) is -0.115. The van der Waals surface area contributed by atoms with E-state index in [1.54, 1.807) is 13.8 Å². The summed E-state index contributed by atoms with van der Waals surface area (Å²) < 4.78 is 4.90. The number of hydrogen-bond donors (Lipinski definition) is 2. The molecule has 2 N–H and O–H groups in total. The maximum absolute atomic E-state index is 12.1. The van der Waals surface area contributed by atoms with Gasteiger partial charge in [-0.15, -0.1) is 0 Å². The molecule has 2 unspecified atom stereocenters. The second-order valence-corrected chi connectivity index (χ2v) is 5.34. The van der Waals surface area contributed by atoms with Crippen molar-refractivity contribution in [3.8, 4) is 0 Å². The topological polar surface area (TPSA) is 92.4 Å². The highest BCUT2D eigenvalue weighted by Crippen LogP contribution is 2.34. The fourth-order valence-corrected chi connectivity index (χ4v) is 2.67. The van der Waals surface area contributed by atoms with E-state index in [-0.39, 0.29) is 5.76 Å². The molecule has 1 aromatic rings. The lowest BCUT2D eigenvalue weighted by Crippen LogP contribution is -2.55. The van der Waals surface area contributed by atoms with Crippen LogP contribution >= 0.6 is 0 Å². The number of rotatable bonds is 3. The monoisotopic (exact) mass is 266 g/mol. The van der Waals surface area contributed by atoms with Crippen molar-refractivity contribution < 1.29 is 19.2 Å². The first kappa shape index (κ1) is 13.6. The van der Waals surface area contributed by atoms with Crippen LogP contribution in [-0.4, -0.2) is 27.7 Å². The van der Waals surface area contributed by atoms with Crippen LogP contribution in [0.2, 0.25) is 0 Å². The second kappa shape index (κ2) is 5.03. The maximum atomic E-state index is 12.1. The zero-order valence-electron chi connectivity index (χ0n) is 11.1. The highest BCUT2D eigenvalue weighted by molar-refractivity contribution is 5.92. The molecule has 1 amide bonds. The zero-order valence-corrected chi connectivity index (χ0v) is 11.1. The van der Waals surface area contributed by atoms with Crippen LogP contribution in [0.5, 0.6) is 0 Å². The Morgan fingerprint density at radius 1 is 1.53 bits per heavy atom. The number of nitrogens with zero attached hydrogens (tertiary/aromatic N) is 1. The van der Waals surface area contributed by atoms with Gasteiger partial charge in [0, 0.05) is 6.07 Å². The Balaban J connectivity index is 2.15. The fourth-order valence-electron chi connectivity index (χ4n) is 2.67. The predicted molar refractivity (Wildman–Crippen MR) is 66.7 cm³/mol. The van der Waals surface area contributed by atoms with Crippen LogP contribution in [0.15, 0.2) is 10.6 Å². The molecule has 1 aliphatic rings. The summed E-state index contributed by atoms with van der Waals surface area (Å²) in [7, 11) is 0. The first-order chi connectivity index (χ1) is 8.92. The Hall–Kier alpha value is -1.85. The third kappa shape index (κ3) is 2.77. The number of carboxylic acid groups (broad SMARTS) is 1. The molecule has 1 heterocycles. The van der Waals surface area contributed by atoms with Crippen LogP contribution < -0.4 is 5.32 Å². The van der Waals surface area contributed by atoms with Crippen molar-refractivity contribution in [2.24, 2.45) is 5.92 Å². The highest BCUT2D eigenvalue weighted by Gasteiger charge is 2.42. The van der Waals surface area contributed by atoms with Crippen LogP contribution in [0.4, 0.5) is 0 Å². The van der Waals surface area contributed by atoms with Gasteiger partial charge in [0.15, 0.2) is 0 Å². The standard InChI is InChI=1S/C13H18N2O4/c1-8-7-10(19-15-8)11(16)14-13(2)6-4-3-5-9(13)12(17)18/h7,9H,3-6H2,1-2H3,(H,14,16)(H,17,18). The van der Waals surface area contributed by atoms with E-state index in [2.05, 4.69) is 10.5 Å². The van der Waals surface area contributed by atoms with E-state index in [0.29, 0.717) is 18.5 Å². The van der Waals surface area contributed by atoms with Crippen molar-refractivity contribution in [3.63, 3.8) is 0 Å². The Bertz CT molecular complexity index is 497. The van der Waals surface area contributed by atoms with E-state index >= 15 is 0 Å². The minimum absolute atomic E-state index is 0.119. The highest BCUT2D eigenvalue weighted by atomic mass is 16.5. The van der Waals surface area contributed by atoms with Crippen LogP contribution in [0.3, 0.4) is 0 Å². The maximum Gasteiger partial charge on any atom is 0.308 e. The van der Waals surface area contributed by atoms with Gasteiger partial charge in [-0.05, 0) is 26.7 Å². The molecular weight excluding hydrogens is 248 g/mol. The second-order valence-electron chi connectivity index (χ2n) is 5.34. The fraction of sp³-hybridized carbons (Fsp3) is 0.615. The van der Waals surface area contributed by atoms with Gasteiger partial charge in [-0.3, -0.25) is 9.59 Å². The number of nitrogens with one attached hydrogen (secondary N) is 1. The number of carboxylic acids is 1. The predicted octanol–water partition coefficient (Wildman–Crippen LogP) is 1.75. The number of hydrogen-bond acceptors (Lipinski definition) is 4. The molecule has 1 saturated carbocycles. The van der Waals surface area contributed by atoms with E-state index in [1.165, 1.54) is 6.07 Å². The first-order valence-corrected chi connectivity index (χ1v) is 6.41. The molecule has 0 saturated heterocycles. The molecule has 104 valence electrons. The lowest BCUT2D eigenvalue weighted by Gasteiger charge is -2.39. The molecule has 2 atom stereocenters. The molecule has 0 spiro atoms. The summed E-state index contributed by atoms with van der Waals surface area (Å²) in [6.07, 6.45) is 3.03. The van der Waals surface area contributed by atoms with Gasteiger partial charge < -0.3 is 14.9 Å². The Morgan fingerprint density at radius 3 is 2.84 bits per heavy atom. The quantitative estimate of drug-likeness (QED) is 0.869. The third-order valence-corrected chi connectivity index (χ3v) is 3.76. The lowest BCUT2D eigenvalue weighted by atomic mass is 9.74. The van der Waals surface area contributed by atoms with Crippen LogP contribution in [0, 0.1) is 12.8 Å². The van der Waals surface area contributed by atoms with Gasteiger partial charge in [0.2, 0.25) is 5.76 Å². The molecular formula is C13H18N2O4. The van der Waals surface area contributed by atoms with Gasteiger partial charge in [0.25, 0.3) is 5.91 Å². The van der Waals surface area contributed by atoms with Crippen molar-refractivity contribution in [1.29, 1.82) is 0 Å². The van der Waals surface area contributed by atoms with Gasteiger partial charge >= 0.3 is 5.97 Å². The van der Waals surface area contributed by atoms with E-state index in [4.69, 9.17) is 4.52 Å². The van der Waals surface area contributed by atoms with Crippen molar-refractivity contribution in [1.82, 2.24) is 10.5 Å². The number of aryl methyl sites for hydroxylation is 1. The number of amides is 1. The average Bonchev–Trinajstić information content (AvgIpc) is 2.75. The van der Waals surface area contributed by atoms with Gasteiger partial charge in [-0.2, -0.15) is 0 Å². The molecule has 0 bridgehead atoms. The largest absolute Gasteiger partial charge is 0.481 e. The zero-order chi connectivity index (χ0) is 14.0. The van der Waals surface area contributed by atoms with Crippen molar-refractivity contribution in [2.45, 2.75) is 45.1 Å². The Morgan fingerprint density at radius 2 is 2.26 bits per heavy atom. The van der Waals surface area contributed by atoms with E-state index < -0.39 is 23.3 Å². The number of carbonyl (C=O) groups is 2. The molecule has 1 fully saturated rings. The Kier molecular flexibility index (Phi) is 3.59. The van der Waals surface area contributed by atoms with Crippen LogP contribution in [-0.2, 0) is 4.79 Å². The Labute approximate surface area is 111 Å².